The summed E-state index contributed by atoms with van der Waals surface area (Å²) in [7, 11) is 0. The number of hydrogen-bond acceptors (Lipinski definition) is 6. The minimum Gasteiger partial charge on any atom is -0.444 e. The maximum absolute atomic E-state index is 13.0. The van der Waals surface area contributed by atoms with Crippen LogP contribution in [0, 0.1) is 13.8 Å². The maximum Gasteiger partial charge on any atom is 0.408 e. The molecule has 1 N–H and O–H groups in total. The Kier molecular flexibility index (Phi) is 6.60. The van der Waals surface area contributed by atoms with Gasteiger partial charge in [0.05, 0.1) is 5.02 Å². The van der Waals surface area contributed by atoms with Crippen LogP contribution in [-0.4, -0.2) is 17.7 Å². The highest BCUT2D eigenvalue weighted by Gasteiger charge is 2.28. The first-order chi connectivity index (χ1) is 15.0. The molecule has 0 spiro atoms. The first kappa shape index (κ1) is 23.3. The predicted molar refractivity (Wildman–Crippen MR) is 121 cm³/mol. The van der Waals surface area contributed by atoms with Crippen LogP contribution in [-0.2, 0) is 9.53 Å². The molecule has 3 aromatic rings. The van der Waals surface area contributed by atoms with Gasteiger partial charge >= 0.3 is 17.7 Å². The quantitative estimate of drug-likeness (QED) is 0.327. The Morgan fingerprint density at radius 1 is 1.06 bits per heavy atom. The van der Waals surface area contributed by atoms with E-state index in [1.807, 2.05) is 0 Å². The van der Waals surface area contributed by atoms with Crippen LogP contribution in [0.15, 0.2) is 51.7 Å². The van der Waals surface area contributed by atoms with E-state index in [-0.39, 0.29) is 16.4 Å². The standard InChI is InChI=1S/C24H24ClNO6/c1-13-14(2)21(27)30-18-12-19(17(25)11-16(13)18)31-22(28)20(15-9-7-6-8-10-15)26-23(29)32-24(3,4)5/h6-12,20H,1-5H3,(H,26,29)/t20-/m0/s1. The molecule has 1 aromatic heterocycles. The van der Waals surface area contributed by atoms with E-state index in [4.69, 9.17) is 25.5 Å². The molecule has 0 aliphatic rings. The van der Waals surface area contributed by atoms with E-state index in [0.29, 0.717) is 16.5 Å². The van der Waals surface area contributed by atoms with Gasteiger partial charge in [0.15, 0.2) is 11.8 Å². The molecule has 1 amide bonds. The van der Waals surface area contributed by atoms with Crippen LogP contribution in [0.3, 0.4) is 0 Å². The number of nitrogens with one attached hydrogen (secondary N) is 1. The molecule has 0 aliphatic heterocycles. The molecule has 0 saturated carbocycles. The summed E-state index contributed by atoms with van der Waals surface area (Å²) in [5.74, 6) is -0.781. The Morgan fingerprint density at radius 2 is 1.72 bits per heavy atom. The van der Waals surface area contributed by atoms with E-state index in [0.717, 1.165) is 5.56 Å². The molecule has 0 aliphatic carbocycles. The van der Waals surface area contributed by atoms with E-state index >= 15 is 0 Å². The highest BCUT2D eigenvalue weighted by atomic mass is 35.5. The topological polar surface area (TPSA) is 94.8 Å². The predicted octanol–water partition coefficient (Wildman–Crippen LogP) is 5.23. The zero-order valence-electron chi connectivity index (χ0n) is 18.4. The number of halogens is 1. The van der Waals surface area contributed by atoms with Crippen molar-refractivity contribution in [2.24, 2.45) is 0 Å². The molecule has 0 bridgehead atoms. The van der Waals surface area contributed by atoms with Gasteiger partial charge in [0.25, 0.3) is 0 Å². The summed E-state index contributed by atoms with van der Waals surface area (Å²) in [5.41, 5.74) is 0.710. The smallest absolute Gasteiger partial charge is 0.408 e. The van der Waals surface area contributed by atoms with Crippen molar-refractivity contribution in [3.63, 3.8) is 0 Å². The number of carbonyl (C=O) groups excluding carboxylic acids is 2. The average molecular weight is 458 g/mol. The summed E-state index contributed by atoms with van der Waals surface area (Å²) in [6, 6.07) is 10.4. The molecule has 3 rings (SSSR count). The van der Waals surface area contributed by atoms with Gasteiger partial charge < -0.3 is 19.2 Å². The van der Waals surface area contributed by atoms with Gasteiger partial charge in [-0.2, -0.15) is 0 Å². The Bertz CT molecular complexity index is 1230. The molecule has 0 fully saturated rings. The van der Waals surface area contributed by atoms with Crippen LogP contribution in [0.5, 0.6) is 5.75 Å². The molecule has 168 valence electrons. The molecule has 32 heavy (non-hydrogen) atoms. The van der Waals surface area contributed by atoms with Crippen LogP contribution in [0.25, 0.3) is 11.0 Å². The molecule has 0 unspecified atom stereocenters. The molecular weight excluding hydrogens is 434 g/mol. The number of aryl methyl sites for hydroxylation is 1. The first-order valence-corrected chi connectivity index (χ1v) is 10.3. The van der Waals surface area contributed by atoms with Crippen LogP contribution < -0.4 is 15.7 Å². The lowest BCUT2D eigenvalue weighted by atomic mass is 10.1. The Morgan fingerprint density at radius 3 is 2.34 bits per heavy atom. The van der Waals surface area contributed by atoms with E-state index in [9.17, 15) is 14.4 Å². The van der Waals surface area contributed by atoms with Gasteiger partial charge in [-0.25, -0.2) is 14.4 Å². The van der Waals surface area contributed by atoms with Gasteiger partial charge in [-0.1, -0.05) is 41.9 Å². The Hall–Kier alpha value is -3.32. The molecule has 0 saturated heterocycles. The molecule has 0 radical (unpaired) electrons. The van der Waals surface area contributed by atoms with Crippen molar-refractivity contribution >= 4 is 34.6 Å². The van der Waals surface area contributed by atoms with Crippen LogP contribution in [0.4, 0.5) is 4.79 Å². The fourth-order valence-electron chi connectivity index (χ4n) is 3.04. The van der Waals surface area contributed by atoms with Gasteiger partial charge in [-0.05, 0) is 51.8 Å². The van der Waals surface area contributed by atoms with Crippen molar-refractivity contribution in [1.82, 2.24) is 5.32 Å². The van der Waals surface area contributed by atoms with E-state index in [1.54, 1.807) is 71.0 Å². The number of amides is 1. The summed E-state index contributed by atoms with van der Waals surface area (Å²) in [6.45, 7) is 8.60. The summed E-state index contributed by atoms with van der Waals surface area (Å²) in [4.78, 5) is 37.4. The normalized spacial score (nSPS) is 12.3. The second-order valence-corrected chi connectivity index (χ2v) is 8.74. The second kappa shape index (κ2) is 9.04. The van der Waals surface area contributed by atoms with Gasteiger partial charge in [0.1, 0.15) is 11.2 Å². The molecule has 1 atom stereocenters. The SMILES string of the molecule is Cc1c(C)c2cc(Cl)c(OC(=O)[C@@H](NC(=O)OC(C)(C)C)c3ccccc3)cc2oc1=O. The lowest BCUT2D eigenvalue weighted by Crippen LogP contribution is -2.39. The number of ether oxygens (including phenoxy) is 2. The molecule has 2 aromatic carbocycles. The number of esters is 1. The summed E-state index contributed by atoms with van der Waals surface area (Å²) in [6.07, 6.45) is -0.773. The highest BCUT2D eigenvalue weighted by Crippen LogP contribution is 2.32. The first-order valence-electron chi connectivity index (χ1n) is 9.96. The third-order valence-electron chi connectivity index (χ3n) is 4.75. The number of fused-ring (bicyclic) bond motifs is 1. The van der Waals surface area contributed by atoms with E-state index in [1.165, 1.54) is 6.07 Å². The Balaban J connectivity index is 1.94. The fraction of sp³-hybridized carbons (Fsp3) is 0.292. The number of benzene rings is 2. The van der Waals surface area contributed by atoms with Crippen LogP contribution in [0.2, 0.25) is 5.02 Å². The summed E-state index contributed by atoms with van der Waals surface area (Å²) >= 11 is 6.35. The third-order valence-corrected chi connectivity index (χ3v) is 5.05. The summed E-state index contributed by atoms with van der Waals surface area (Å²) in [5, 5.41) is 3.34. The van der Waals surface area contributed by atoms with Gasteiger partial charge in [-0.3, -0.25) is 0 Å². The average Bonchev–Trinajstić information content (AvgIpc) is 2.71. The lowest BCUT2D eigenvalue weighted by Gasteiger charge is -2.23. The van der Waals surface area contributed by atoms with Crippen molar-refractivity contribution in [2.75, 3.05) is 0 Å². The number of carbonyl (C=O) groups is 2. The highest BCUT2D eigenvalue weighted by molar-refractivity contribution is 6.33. The van der Waals surface area contributed by atoms with Crippen LogP contribution in [0.1, 0.15) is 43.5 Å². The van der Waals surface area contributed by atoms with Crippen molar-refractivity contribution < 1.29 is 23.5 Å². The van der Waals surface area contributed by atoms with Gasteiger partial charge in [0, 0.05) is 17.0 Å². The largest absolute Gasteiger partial charge is 0.444 e. The lowest BCUT2D eigenvalue weighted by molar-refractivity contribution is -0.137. The minimum atomic E-state index is -1.15. The van der Waals surface area contributed by atoms with Crippen molar-refractivity contribution in [3.8, 4) is 5.75 Å². The summed E-state index contributed by atoms with van der Waals surface area (Å²) < 4.78 is 16.1. The van der Waals surface area contributed by atoms with Gasteiger partial charge in [0.2, 0.25) is 0 Å². The van der Waals surface area contributed by atoms with E-state index in [2.05, 4.69) is 5.32 Å². The maximum atomic E-state index is 13.0. The number of hydrogen-bond donors (Lipinski definition) is 1. The van der Waals surface area contributed by atoms with Crippen molar-refractivity contribution in [2.45, 2.75) is 46.3 Å². The monoisotopic (exact) mass is 457 g/mol. The zero-order valence-corrected chi connectivity index (χ0v) is 19.2. The molecule has 7 nitrogen and oxygen atoms in total. The Labute approximate surface area is 190 Å². The second-order valence-electron chi connectivity index (χ2n) is 8.33. The zero-order chi connectivity index (χ0) is 23.6. The van der Waals surface area contributed by atoms with Crippen molar-refractivity contribution in [3.05, 3.63) is 74.6 Å². The fourth-order valence-corrected chi connectivity index (χ4v) is 3.24. The molecular formula is C24H24ClNO6. The molecule has 8 heteroatoms. The minimum absolute atomic E-state index is 0.00231. The van der Waals surface area contributed by atoms with Gasteiger partial charge in [-0.15, -0.1) is 0 Å². The molecule has 1 heterocycles. The van der Waals surface area contributed by atoms with E-state index < -0.39 is 29.3 Å². The number of alkyl carbamates (subject to hydrolysis) is 1. The van der Waals surface area contributed by atoms with Crippen LogP contribution >= 0.6 is 11.6 Å². The third kappa shape index (κ3) is 5.29. The van der Waals surface area contributed by atoms with Crippen molar-refractivity contribution in [1.29, 1.82) is 0 Å². The number of rotatable bonds is 4.